The molecule has 0 saturated carbocycles. The maximum Gasteiger partial charge on any atom is 0.243 e. The van der Waals surface area contributed by atoms with Crippen molar-refractivity contribution in [3.05, 3.63) is 51.5 Å². The molecular formula is C19H20ClNO4S. The molecule has 2 aliphatic heterocycles. The van der Waals surface area contributed by atoms with E-state index in [9.17, 15) is 8.42 Å². The first-order chi connectivity index (χ1) is 12.4. The Balaban J connectivity index is 1.71. The predicted molar refractivity (Wildman–Crippen MR) is 99.7 cm³/mol. The van der Waals surface area contributed by atoms with E-state index in [-0.39, 0.29) is 11.4 Å². The summed E-state index contributed by atoms with van der Waals surface area (Å²) in [6.45, 7) is 3.29. The molecule has 2 aliphatic rings. The van der Waals surface area contributed by atoms with Crippen molar-refractivity contribution < 1.29 is 17.9 Å². The second kappa shape index (κ2) is 6.44. The van der Waals surface area contributed by atoms with Gasteiger partial charge in [-0.05, 0) is 36.8 Å². The van der Waals surface area contributed by atoms with Crippen molar-refractivity contribution in [2.75, 3.05) is 20.3 Å². The second-order valence-corrected chi connectivity index (χ2v) is 9.14. The zero-order valence-corrected chi connectivity index (χ0v) is 16.3. The molecule has 0 N–H and O–H groups in total. The van der Waals surface area contributed by atoms with E-state index in [0.29, 0.717) is 18.2 Å². The molecule has 26 heavy (non-hydrogen) atoms. The van der Waals surface area contributed by atoms with Gasteiger partial charge in [-0.25, -0.2) is 8.42 Å². The molecule has 0 fully saturated rings. The molecule has 5 nitrogen and oxygen atoms in total. The number of ether oxygens (including phenoxy) is 2. The number of rotatable bonds is 4. The van der Waals surface area contributed by atoms with Crippen LogP contribution in [-0.4, -0.2) is 33.0 Å². The molecule has 0 amide bonds. The standard InChI is InChI=1S/C19H20ClNO4S/c1-12-9-14(3-4-17(12)20)26(22,23)21(2)11-16-15-6-8-24-18(15)10-13-5-7-25-19(13)16/h3-4,9-10H,5-8,11H2,1-2H3. The Bertz CT molecular complexity index is 955. The topological polar surface area (TPSA) is 55.8 Å². The zero-order valence-electron chi connectivity index (χ0n) is 14.7. The van der Waals surface area contributed by atoms with Crippen molar-refractivity contribution >= 4 is 21.6 Å². The van der Waals surface area contributed by atoms with E-state index in [1.165, 1.54) is 4.31 Å². The fraction of sp³-hybridized carbons (Fsp3) is 0.368. The minimum Gasteiger partial charge on any atom is -0.493 e. The molecule has 138 valence electrons. The average Bonchev–Trinajstić information content (AvgIpc) is 3.25. The van der Waals surface area contributed by atoms with Gasteiger partial charge in [0.1, 0.15) is 11.5 Å². The number of benzene rings is 2. The Labute approximate surface area is 158 Å². The number of hydrogen-bond acceptors (Lipinski definition) is 4. The van der Waals surface area contributed by atoms with Gasteiger partial charge in [0, 0.05) is 48.1 Å². The largest absolute Gasteiger partial charge is 0.493 e. The quantitative estimate of drug-likeness (QED) is 0.799. The normalized spacial score (nSPS) is 15.5. The van der Waals surface area contributed by atoms with Gasteiger partial charge in [0.2, 0.25) is 10.0 Å². The fourth-order valence-corrected chi connectivity index (χ4v) is 4.86. The van der Waals surface area contributed by atoms with Gasteiger partial charge in [0.25, 0.3) is 0 Å². The van der Waals surface area contributed by atoms with Crippen LogP contribution in [0.4, 0.5) is 0 Å². The third-order valence-electron chi connectivity index (χ3n) is 4.98. The number of halogens is 1. The summed E-state index contributed by atoms with van der Waals surface area (Å²) in [6.07, 6.45) is 1.60. The number of hydrogen-bond donors (Lipinski definition) is 0. The Morgan fingerprint density at radius 2 is 1.92 bits per heavy atom. The summed E-state index contributed by atoms with van der Waals surface area (Å²) in [5.74, 6) is 1.68. The van der Waals surface area contributed by atoms with Crippen LogP contribution in [0.2, 0.25) is 5.02 Å². The number of sulfonamides is 1. The van der Waals surface area contributed by atoms with Gasteiger partial charge in [0.15, 0.2) is 0 Å². The minimum absolute atomic E-state index is 0.239. The third kappa shape index (κ3) is 2.86. The summed E-state index contributed by atoms with van der Waals surface area (Å²) in [4.78, 5) is 0.239. The maximum atomic E-state index is 13.0. The number of fused-ring (bicyclic) bond motifs is 2. The van der Waals surface area contributed by atoms with Gasteiger partial charge in [-0.15, -0.1) is 0 Å². The van der Waals surface area contributed by atoms with E-state index in [0.717, 1.165) is 46.6 Å². The summed E-state index contributed by atoms with van der Waals surface area (Å²) in [7, 11) is -2.04. The van der Waals surface area contributed by atoms with Crippen molar-refractivity contribution in [3.8, 4) is 11.5 Å². The number of aryl methyl sites for hydroxylation is 1. The van der Waals surface area contributed by atoms with Crippen LogP contribution in [-0.2, 0) is 29.4 Å². The van der Waals surface area contributed by atoms with E-state index in [1.54, 1.807) is 32.2 Å². The first-order valence-electron chi connectivity index (χ1n) is 8.53. The van der Waals surface area contributed by atoms with Crippen LogP contribution in [0.25, 0.3) is 0 Å². The lowest BCUT2D eigenvalue weighted by Gasteiger charge is -2.21. The van der Waals surface area contributed by atoms with E-state index in [1.807, 2.05) is 6.07 Å². The van der Waals surface area contributed by atoms with Crippen molar-refractivity contribution in [3.63, 3.8) is 0 Å². The highest BCUT2D eigenvalue weighted by Crippen LogP contribution is 2.41. The maximum absolute atomic E-state index is 13.0. The van der Waals surface area contributed by atoms with Crippen LogP contribution in [0, 0.1) is 6.92 Å². The van der Waals surface area contributed by atoms with Gasteiger partial charge in [-0.3, -0.25) is 0 Å². The SMILES string of the molecule is Cc1cc(S(=O)(=O)N(C)Cc2c3c(cc4c2OCC4)OCC3)ccc1Cl. The first kappa shape index (κ1) is 17.6. The lowest BCUT2D eigenvalue weighted by molar-refractivity contribution is 0.348. The van der Waals surface area contributed by atoms with E-state index in [4.69, 9.17) is 21.1 Å². The van der Waals surface area contributed by atoms with E-state index in [2.05, 4.69) is 0 Å². The smallest absolute Gasteiger partial charge is 0.243 e. The third-order valence-corrected chi connectivity index (χ3v) is 7.20. The zero-order chi connectivity index (χ0) is 18.5. The van der Waals surface area contributed by atoms with Crippen LogP contribution in [0.3, 0.4) is 0 Å². The summed E-state index contributed by atoms with van der Waals surface area (Å²) >= 11 is 6.03. The molecule has 7 heteroatoms. The Kier molecular flexibility index (Phi) is 4.37. The van der Waals surface area contributed by atoms with Gasteiger partial charge < -0.3 is 9.47 Å². The first-order valence-corrected chi connectivity index (χ1v) is 10.4. The highest BCUT2D eigenvalue weighted by Gasteiger charge is 2.30. The lowest BCUT2D eigenvalue weighted by Crippen LogP contribution is -2.27. The van der Waals surface area contributed by atoms with Crippen molar-refractivity contribution in [2.45, 2.75) is 31.2 Å². The van der Waals surface area contributed by atoms with Crippen molar-refractivity contribution in [2.24, 2.45) is 0 Å². The van der Waals surface area contributed by atoms with Gasteiger partial charge >= 0.3 is 0 Å². The molecule has 2 aromatic carbocycles. The molecule has 0 radical (unpaired) electrons. The Morgan fingerprint density at radius 1 is 1.15 bits per heavy atom. The van der Waals surface area contributed by atoms with Crippen LogP contribution in [0.15, 0.2) is 29.2 Å². The van der Waals surface area contributed by atoms with Crippen molar-refractivity contribution in [1.29, 1.82) is 0 Å². The minimum atomic E-state index is -3.63. The molecule has 0 unspecified atom stereocenters. The lowest BCUT2D eigenvalue weighted by atomic mass is 9.99. The molecule has 0 bridgehead atoms. The molecule has 2 heterocycles. The summed E-state index contributed by atoms with van der Waals surface area (Å²) in [5, 5.41) is 0.552. The second-order valence-electron chi connectivity index (χ2n) is 6.69. The van der Waals surface area contributed by atoms with Gasteiger partial charge in [-0.2, -0.15) is 4.31 Å². The van der Waals surface area contributed by atoms with Crippen molar-refractivity contribution in [1.82, 2.24) is 4.31 Å². The molecule has 0 aromatic heterocycles. The Morgan fingerprint density at radius 3 is 2.69 bits per heavy atom. The van der Waals surface area contributed by atoms with Gasteiger partial charge in [-0.1, -0.05) is 11.6 Å². The molecule has 0 aliphatic carbocycles. The Hall–Kier alpha value is -1.76. The van der Waals surface area contributed by atoms with Crippen LogP contribution in [0.1, 0.15) is 22.3 Å². The number of nitrogens with zero attached hydrogens (tertiary/aromatic N) is 1. The fourth-order valence-electron chi connectivity index (χ4n) is 3.52. The van der Waals surface area contributed by atoms with Crippen LogP contribution in [0.5, 0.6) is 11.5 Å². The highest BCUT2D eigenvalue weighted by molar-refractivity contribution is 7.89. The predicted octanol–water partition coefficient (Wildman–Crippen LogP) is 3.34. The van der Waals surface area contributed by atoms with E-state index >= 15 is 0 Å². The summed E-state index contributed by atoms with van der Waals surface area (Å²) in [6, 6.07) is 6.80. The van der Waals surface area contributed by atoms with Gasteiger partial charge in [0.05, 0.1) is 18.1 Å². The highest BCUT2D eigenvalue weighted by atomic mass is 35.5. The van der Waals surface area contributed by atoms with Crippen LogP contribution < -0.4 is 9.47 Å². The van der Waals surface area contributed by atoms with E-state index < -0.39 is 10.0 Å². The summed E-state index contributed by atoms with van der Waals surface area (Å²) < 4.78 is 38.9. The molecule has 4 rings (SSSR count). The molecular weight excluding hydrogens is 374 g/mol. The molecule has 0 spiro atoms. The molecule has 0 saturated heterocycles. The molecule has 2 aromatic rings. The van der Waals surface area contributed by atoms with Crippen LogP contribution >= 0.6 is 11.6 Å². The average molecular weight is 394 g/mol. The monoisotopic (exact) mass is 393 g/mol. The summed E-state index contributed by atoms with van der Waals surface area (Å²) in [5.41, 5.74) is 3.80. The molecule has 0 atom stereocenters.